The first-order chi connectivity index (χ1) is 15.3. The molecule has 2 aliphatic rings. The van der Waals surface area contributed by atoms with E-state index in [-0.39, 0.29) is 18.4 Å². The molecular formula is C21H24FN5O5. The van der Waals surface area contributed by atoms with Crippen molar-refractivity contribution in [3.63, 3.8) is 0 Å². The summed E-state index contributed by atoms with van der Waals surface area (Å²) in [6.45, 7) is 1.77. The van der Waals surface area contributed by atoms with Crippen LogP contribution in [0, 0.1) is 5.82 Å². The van der Waals surface area contributed by atoms with Gasteiger partial charge < -0.3 is 25.4 Å². The summed E-state index contributed by atoms with van der Waals surface area (Å²) in [5, 5.41) is 15.6. The summed E-state index contributed by atoms with van der Waals surface area (Å²) in [5.74, 6) is -1.80. The first-order valence-corrected chi connectivity index (χ1v) is 10.3. The van der Waals surface area contributed by atoms with Crippen LogP contribution in [0.15, 0.2) is 29.1 Å². The summed E-state index contributed by atoms with van der Waals surface area (Å²) in [4.78, 5) is 43.5. The fourth-order valence-corrected chi connectivity index (χ4v) is 3.97. The fraction of sp³-hybridized carbons (Fsp3) is 0.429. The number of carbonyl (C=O) groups excluding carboxylic acids is 2. The van der Waals surface area contributed by atoms with Crippen LogP contribution < -0.4 is 21.1 Å². The van der Waals surface area contributed by atoms with Gasteiger partial charge in [-0.3, -0.25) is 19.0 Å². The van der Waals surface area contributed by atoms with Gasteiger partial charge in [0.15, 0.2) is 5.69 Å². The highest BCUT2D eigenvalue weighted by Gasteiger charge is 2.44. The van der Waals surface area contributed by atoms with Crippen LogP contribution in [0.4, 0.5) is 10.3 Å². The van der Waals surface area contributed by atoms with Gasteiger partial charge in [0.1, 0.15) is 11.4 Å². The number of nitrogens with zero attached hydrogens (tertiary/aromatic N) is 3. The molecule has 2 fully saturated rings. The monoisotopic (exact) mass is 445 g/mol. The fourth-order valence-electron chi connectivity index (χ4n) is 3.97. The van der Waals surface area contributed by atoms with E-state index in [4.69, 9.17) is 4.74 Å². The van der Waals surface area contributed by atoms with Crippen molar-refractivity contribution in [2.75, 3.05) is 31.1 Å². The van der Waals surface area contributed by atoms with Crippen molar-refractivity contribution in [3.8, 4) is 5.75 Å². The third-order valence-corrected chi connectivity index (χ3v) is 5.86. The lowest BCUT2D eigenvalue weighted by Gasteiger charge is -2.42. The minimum absolute atomic E-state index is 0.0729. The smallest absolute Gasteiger partial charge is 0.297 e. The topological polar surface area (TPSA) is 126 Å². The second-order valence-electron chi connectivity index (χ2n) is 7.87. The Morgan fingerprint density at radius 2 is 1.97 bits per heavy atom. The van der Waals surface area contributed by atoms with Crippen LogP contribution in [0.5, 0.6) is 5.75 Å². The van der Waals surface area contributed by atoms with Crippen LogP contribution in [0.3, 0.4) is 0 Å². The van der Waals surface area contributed by atoms with Gasteiger partial charge in [-0.05, 0) is 17.7 Å². The average molecular weight is 445 g/mol. The largest absolute Gasteiger partial charge is 0.501 e. The normalized spacial score (nSPS) is 17.8. The lowest BCUT2D eigenvalue weighted by atomic mass is 9.89. The Kier molecular flexibility index (Phi) is 5.83. The van der Waals surface area contributed by atoms with E-state index in [1.165, 1.54) is 35.9 Å². The highest BCUT2D eigenvalue weighted by molar-refractivity contribution is 5.95. The van der Waals surface area contributed by atoms with Crippen LogP contribution >= 0.6 is 0 Å². The van der Waals surface area contributed by atoms with Crippen molar-refractivity contribution in [1.29, 1.82) is 0 Å². The molecule has 0 radical (unpaired) electrons. The average Bonchev–Trinajstić information content (AvgIpc) is 2.80. The number of rotatable bonds is 4. The highest BCUT2D eigenvalue weighted by atomic mass is 19.1. The first kappa shape index (κ1) is 21.8. The van der Waals surface area contributed by atoms with Gasteiger partial charge in [-0.25, -0.2) is 9.37 Å². The maximum atomic E-state index is 13.0. The molecule has 0 atom stereocenters. The molecule has 3 N–H and O–H groups in total. The van der Waals surface area contributed by atoms with E-state index in [0.717, 1.165) is 0 Å². The highest BCUT2D eigenvalue weighted by Crippen LogP contribution is 2.30. The summed E-state index contributed by atoms with van der Waals surface area (Å²) >= 11 is 0. The summed E-state index contributed by atoms with van der Waals surface area (Å²) in [7, 11) is 1.46. The molecule has 32 heavy (non-hydrogen) atoms. The number of nitrogens with one attached hydrogen (secondary N) is 2. The number of carbonyl (C=O) groups is 2. The number of halogens is 1. The van der Waals surface area contributed by atoms with Gasteiger partial charge in [-0.15, -0.1) is 0 Å². The number of aromatic nitrogens is 2. The van der Waals surface area contributed by atoms with Gasteiger partial charge in [0.25, 0.3) is 17.4 Å². The minimum atomic E-state index is -0.889. The van der Waals surface area contributed by atoms with Crippen LogP contribution in [0.25, 0.3) is 0 Å². The Hall–Kier alpha value is -3.47. The molecule has 170 valence electrons. The predicted molar refractivity (Wildman–Crippen MR) is 112 cm³/mol. The van der Waals surface area contributed by atoms with Crippen molar-refractivity contribution in [1.82, 2.24) is 20.2 Å². The van der Waals surface area contributed by atoms with Crippen molar-refractivity contribution < 1.29 is 23.8 Å². The molecule has 3 heterocycles. The zero-order valence-corrected chi connectivity index (χ0v) is 17.6. The van der Waals surface area contributed by atoms with E-state index >= 15 is 0 Å². The molecule has 2 saturated heterocycles. The lowest BCUT2D eigenvalue weighted by Crippen LogP contribution is -2.59. The molecule has 2 aliphatic heterocycles. The maximum absolute atomic E-state index is 13.0. The minimum Gasteiger partial charge on any atom is -0.501 e. The third kappa shape index (κ3) is 4.03. The number of amides is 2. The van der Waals surface area contributed by atoms with Crippen LogP contribution in [-0.4, -0.2) is 58.3 Å². The molecule has 0 saturated carbocycles. The second kappa shape index (κ2) is 8.58. The molecule has 11 heteroatoms. The summed E-state index contributed by atoms with van der Waals surface area (Å²) in [6.07, 6.45) is 0.809. The molecule has 1 aromatic heterocycles. The Balaban J connectivity index is 1.52. The maximum Gasteiger partial charge on any atom is 0.297 e. The van der Waals surface area contributed by atoms with Crippen LogP contribution in [0.1, 0.15) is 28.9 Å². The number of hydrogen-bond acceptors (Lipinski definition) is 7. The molecule has 1 spiro atoms. The van der Waals surface area contributed by atoms with Crippen molar-refractivity contribution in [2.45, 2.75) is 25.0 Å². The molecule has 2 amide bonds. The number of aromatic hydroxyl groups is 1. The number of anilines is 1. The Labute approximate surface area is 183 Å². The Bertz CT molecular complexity index is 1090. The van der Waals surface area contributed by atoms with Crippen molar-refractivity contribution in [3.05, 3.63) is 51.7 Å². The molecule has 1 aromatic carbocycles. The van der Waals surface area contributed by atoms with Crippen molar-refractivity contribution in [2.24, 2.45) is 7.05 Å². The van der Waals surface area contributed by atoms with E-state index in [0.29, 0.717) is 44.6 Å². The molecule has 10 nitrogen and oxygen atoms in total. The number of ether oxygens (including phenoxy) is 1. The van der Waals surface area contributed by atoms with Gasteiger partial charge in [-0.2, -0.15) is 0 Å². The molecule has 4 rings (SSSR count). The molecule has 2 aromatic rings. The number of piperidine rings is 1. The Morgan fingerprint density at radius 1 is 1.28 bits per heavy atom. The predicted octanol–water partition coefficient (Wildman–Crippen LogP) is 0.0404. The van der Waals surface area contributed by atoms with E-state index in [1.807, 2.05) is 0 Å². The standard InChI is InChI=1S/C21H24FN5O5/c1-26-18(30)16(28)15(17(29)24-12-13-2-4-14(22)5-3-13)25-20(26)27-9-6-21(7-10-27)19(31)23-8-11-32-21/h2-5,28H,6-12H2,1H3,(H,23,31)(H,24,29). The van der Waals surface area contributed by atoms with Gasteiger partial charge in [0.05, 0.1) is 6.61 Å². The number of morpholine rings is 1. The van der Waals surface area contributed by atoms with Gasteiger partial charge in [-0.1, -0.05) is 12.1 Å². The van der Waals surface area contributed by atoms with Gasteiger partial charge in [0.2, 0.25) is 11.7 Å². The van der Waals surface area contributed by atoms with E-state index < -0.39 is 34.3 Å². The zero-order chi connectivity index (χ0) is 22.9. The first-order valence-electron chi connectivity index (χ1n) is 10.3. The molecule has 0 aliphatic carbocycles. The third-order valence-electron chi connectivity index (χ3n) is 5.86. The SMILES string of the molecule is Cn1c(N2CCC3(CC2)OCCNC3=O)nc(C(=O)NCc2ccc(F)cc2)c(O)c1=O. The molecule has 0 unspecified atom stereocenters. The zero-order valence-electron chi connectivity index (χ0n) is 17.6. The summed E-state index contributed by atoms with van der Waals surface area (Å²) < 4.78 is 20.0. The van der Waals surface area contributed by atoms with Gasteiger partial charge in [0, 0.05) is 46.1 Å². The number of benzene rings is 1. The van der Waals surface area contributed by atoms with Crippen LogP contribution in [0.2, 0.25) is 0 Å². The number of hydrogen-bond donors (Lipinski definition) is 3. The quantitative estimate of drug-likeness (QED) is 0.607. The van der Waals surface area contributed by atoms with Crippen LogP contribution in [-0.2, 0) is 23.1 Å². The molecular weight excluding hydrogens is 421 g/mol. The van der Waals surface area contributed by atoms with E-state index in [1.54, 1.807) is 4.90 Å². The molecule has 0 bridgehead atoms. The second-order valence-corrected chi connectivity index (χ2v) is 7.87. The van der Waals surface area contributed by atoms with Gasteiger partial charge >= 0.3 is 0 Å². The van der Waals surface area contributed by atoms with E-state index in [2.05, 4.69) is 15.6 Å². The summed E-state index contributed by atoms with van der Waals surface area (Å²) in [6, 6.07) is 5.58. The van der Waals surface area contributed by atoms with E-state index in [9.17, 15) is 23.9 Å². The van der Waals surface area contributed by atoms with Crippen molar-refractivity contribution >= 4 is 17.8 Å². The lowest BCUT2D eigenvalue weighted by molar-refractivity contribution is -0.157. The Morgan fingerprint density at radius 3 is 2.62 bits per heavy atom. The summed E-state index contributed by atoms with van der Waals surface area (Å²) in [5.41, 5.74) is -1.39.